The van der Waals surface area contributed by atoms with Gasteiger partial charge in [0.1, 0.15) is 20.1 Å². The smallest absolute Gasteiger partial charge is 0.284 e. The zero-order valence-corrected chi connectivity index (χ0v) is 8.58. The number of carbonyl (C=O) groups excluding carboxylic acids is 1. The van der Waals surface area contributed by atoms with Crippen LogP contribution in [-0.2, 0) is 17.5 Å². The van der Waals surface area contributed by atoms with Crippen LogP contribution in [0.15, 0.2) is 4.79 Å². The molecule has 0 saturated carbocycles. The molecule has 0 N–H and O–H groups in total. The highest BCUT2D eigenvalue weighted by molar-refractivity contribution is 6.33. The summed E-state index contributed by atoms with van der Waals surface area (Å²) in [6.45, 7) is -0.347. The Balaban J connectivity index is 2.75. The molecule has 0 atom stereocenters. The van der Waals surface area contributed by atoms with Gasteiger partial charge in [-0.2, -0.15) is 13.2 Å². The van der Waals surface area contributed by atoms with Crippen molar-refractivity contribution in [3.8, 4) is 0 Å². The van der Waals surface area contributed by atoms with E-state index in [4.69, 9.17) is 7.85 Å². The molecule has 1 aromatic heterocycles. The molecule has 2 rings (SSSR count). The average Bonchev–Trinajstić information content (AvgIpc) is 2.48. The van der Waals surface area contributed by atoms with Crippen molar-refractivity contribution in [3.05, 3.63) is 16.0 Å². The van der Waals surface area contributed by atoms with Crippen LogP contribution in [0.1, 0.15) is 5.69 Å². The standard InChI is InChI=1S/C8H5BF3N3O2/c1-14-3(16)2-15-6(17)4(9)5(8(10,11)12)13-7(14)15/h2H2,1H3. The van der Waals surface area contributed by atoms with Crippen molar-refractivity contribution in [2.24, 2.45) is 0 Å². The Labute approximate surface area is 94.3 Å². The van der Waals surface area contributed by atoms with Gasteiger partial charge in [-0.05, 0) is 5.46 Å². The normalized spacial score (nSPS) is 15.3. The van der Waals surface area contributed by atoms with Crippen molar-refractivity contribution in [3.63, 3.8) is 0 Å². The molecule has 1 amide bonds. The van der Waals surface area contributed by atoms with Gasteiger partial charge < -0.3 is 0 Å². The van der Waals surface area contributed by atoms with E-state index in [2.05, 4.69) is 4.98 Å². The van der Waals surface area contributed by atoms with E-state index >= 15 is 0 Å². The van der Waals surface area contributed by atoms with Crippen LogP contribution >= 0.6 is 0 Å². The highest BCUT2D eigenvalue weighted by atomic mass is 19.4. The molecule has 0 unspecified atom stereocenters. The molecule has 0 saturated heterocycles. The van der Waals surface area contributed by atoms with Gasteiger partial charge in [0.25, 0.3) is 0 Å². The van der Waals surface area contributed by atoms with Crippen molar-refractivity contribution >= 4 is 25.2 Å². The molecule has 0 fully saturated rings. The molecule has 5 nitrogen and oxygen atoms in total. The number of hydrogen-bond acceptors (Lipinski definition) is 3. The fourth-order valence-corrected chi connectivity index (χ4v) is 1.53. The number of anilines is 1. The Morgan fingerprint density at radius 2 is 1.94 bits per heavy atom. The minimum Gasteiger partial charge on any atom is -0.284 e. The molecule has 0 spiro atoms. The topological polar surface area (TPSA) is 55.2 Å². The van der Waals surface area contributed by atoms with Crippen molar-refractivity contribution in [2.75, 3.05) is 11.9 Å². The van der Waals surface area contributed by atoms with Gasteiger partial charge in [-0.15, -0.1) is 0 Å². The van der Waals surface area contributed by atoms with Gasteiger partial charge in [0.2, 0.25) is 17.4 Å². The summed E-state index contributed by atoms with van der Waals surface area (Å²) in [6, 6.07) is 0. The van der Waals surface area contributed by atoms with Gasteiger partial charge in [0, 0.05) is 7.05 Å². The molecule has 1 aromatic rings. The number of fused-ring (bicyclic) bond motifs is 1. The van der Waals surface area contributed by atoms with E-state index in [0.717, 1.165) is 9.47 Å². The fourth-order valence-electron chi connectivity index (χ4n) is 1.53. The largest absolute Gasteiger partial charge is 0.433 e. The summed E-state index contributed by atoms with van der Waals surface area (Å²) < 4.78 is 38.4. The minimum absolute atomic E-state index is 0.346. The molecule has 0 aromatic carbocycles. The molecule has 0 bridgehead atoms. The monoisotopic (exact) mass is 243 g/mol. The Bertz CT molecular complexity index is 566. The first-order valence-corrected chi connectivity index (χ1v) is 4.47. The first-order valence-electron chi connectivity index (χ1n) is 4.47. The molecule has 88 valence electrons. The van der Waals surface area contributed by atoms with Crippen LogP contribution < -0.4 is 15.9 Å². The molecular formula is C8H5BF3N3O2. The number of halogens is 3. The van der Waals surface area contributed by atoms with E-state index in [1.807, 2.05) is 0 Å². The second-order valence-corrected chi connectivity index (χ2v) is 3.52. The van der Waals surface area contributed by atoms with Gasteiger partial charge in [-0.1, -0.05) is 0 Å². The van der Waals surface area contributed by atoms with E-state index in [-0.39, 0.29) is 12.5 Å². The summed E-state index contributed by atoms with van der Waals surface area (Å²) in [4.78, 5) is 26.9. The lowest BCUT2D eigenvalue weighted by Crippen LogP contribution is -2.40. The van der Waals surface area contributed by atoms with Crippen molar-refractivity contribution in [2.45, 2.75) is 12.7 Å². The van der Waals surface area contributed by atoms with Gasteiger partial charge in [0.15, 0.2) is 0 Å². The lowest BCUT2D eigenvalue weighted by Gasteiger charge is -2.13. The lowest BCUT2D eigenvalue weighted by molar-refractivity contribution is -0.140. The van der Waals surface area contributed by atoms with E-state index < -0.39 is 28.8 Å². The number of amides is 1. The predicted molar refractivity (Wildman–Crippen MR) is 52.3 cm³/mol. The molecule has 17 heavy (non-hydrogen) atoms. The third kappa shape index (κ3) is 1.61. The highest BCUT2D eigenvalue weighted by Crippen LogP contribution is 2.27. The molecule has 1 aliphatic rings. The van der Waals surface area contributed by atoms with Crippen LogP contribution in [0.2, 0.25) is 0 Å². The van der Waals surface area contributed by atoms with Gasteiger partial charge in [-0.25, -0.2) is 4.98 Å². The Kier molecular flexibility index (Phi) is 2.30. The maximum atomic E-state index is 12.5. The minimum atomic E-state index is -4.83. The Morgan fingerprint density at radius 1 is 1.35 bits per heavy atom. The van der Waals surface area contributed by atoms with E-state index in [1.165, 1.54) is 7.05 Å². The number of carbonyl (C=O) groups is 1. The maximum absolute atomic E-state index is 12.5. The van der Waals surface area contributed by atoms with Crippen LogP contribution in [0.3, 0.4) is 0 Å². The molecule has 1 aliphatic heterocycles. The van der Waals surface area contributed by atoms with Crippen molar-refractivity contribution < 1.29 is 18.0 Å². The molecule has 2 heterocycles. The Morgan fingerprint density at radius 3 is 2.47 bits per heavy atom. The second kappa shape index (κ2) is 3.35. The van der Waals surface area contributed by atoms with E-state index in [1.54, 1.807) is 0 Å². The van der Waals surface area contributed by atoms with Gasteiger partial charge in [-0.3, -0.25) is 19.1 Å². The van der Waals surface area contributed by atoms with Crippen LogP contribution in [0.5, 0.6) is 0 Å². The second-order valence-electron chi connectivity index (χ2n) is 3.52. The quantitative estimate of drug-likeness (QED) is 0.551. The summed E-state index contributed by atoms with van der Waals surface area (Å²) >= 11 is 0. The summed E-state index contributed by atoms with van der Waals surface area (Å²) in [5.74, 6) is -0.866. The average molecular weight is 243 g/mol. The molecule has 9 heteroatoms. The molecular weight excluding hydrogens is 238 g/mol. The SMILES string of the molecule is [B]c1c(C(F)(F)F)nc2n(c1=O)CC(=O)N2C. The van der Waals surface area contributed by atoms with E-state index in [9.17, 15) is 22.8 Å². The van der Waals surface area contributed by atoms with Crippen molar-refractivity contribution in [1.29, 1.82) is 0 Å². The summed E-state index contributed by atoms with van der Waals surface area (Å²) in [6.07, 6.45) is -4.83. The number of hydrogen-bond donors (Lipinski definition) is 0. The number of nitrogens with zero attached hydrogens (tertiary/aromatic N) is 3. The van der Waals surface area contributed by atoms with Crippen LogP contribution in [0.4, 0.5) is 19.1 Å². The lowest BCUT2D eigenvalue weighted by atomic mass is 9.95. The predicted octanol–water partition coefficient (Wildman–Crippen LogP) is -0.968. The third-order valence-electron chi connectivity index (χ3n) is 2.42. The number of aromatic nitrogens is 2. The summed E-state index contributed by atoms with van der Waals surface area (Å²) in [7, 11) is 6.33. The fraction of sp³-hybridized carbons (Fsp3) is 0.375. The van der Waals surface area contributed by atoms with Crippen LogP contribution in [-0.4, -0.2) is 30.4 Å². The number of rotatable bonds is 0. The maximum Gasteiger partial charge on any atom is 0.433 e. The molecule has 2 radical (unpaired) electrons. The van der Waals surface area contributed by atoms with Crippen LogP contribution in [0.25, 0.3) is 0 Å². The van der Waals surface area contributed by atoms with Crippen molar-refractivity contribution in [1.82, 2.24) is 9.55 Å². The highest BCUT2D eigenvalue weighted by Gasteiger charge is 2.38. The zero-order valence-electron chi connectivity index (χ0n) is 8.58. The summed E-state index contributed by atoms with van der Waals surface area (Å²) in [5, 5.41) is 0. The van der Waals surface area contributed by atoms with Crippen LogP contribution in [0, 0.1) is 0 Å². The third-order valence-corrected chi connectivity index (χ3v) is 2.42. The Hall–Kier alpha value is -1.80. The van der Waals surface area contributed by atoms with Gasteiger partial charge in [0.05, 0.1) is 0 Å². The zero-order chi connectivity index (χ0) is 13.0. The van der Waals surface area contributed by atoms with Gasteiger partial charge >= 0.3 is 6.18 Å². The van der Waals surface area contributed by atoms with E-state index in [0.29, 0.717) is 0 Å². The first-order chi connectivity index (χ1) is 7.73. The molecule has 0 aliphatic carbocycles. The number of likely N-dealkylation sites (N-methyl/N-ethyl adjacent to an activating group) is 1. The summed E-state index contributed by atoms with van der Waals surface area (Å²) in [5.41, 5.74) is -3.51. The first kappa shape index (κ1) is 11.7. The number of alkyl halides is 3.